The number of ether oxygens (including phenoxy) is 7. The Morgan fingerprint density at radius 3 is 2.12 bits per heavy atom. The lowest BCUT2D eigenvalue weighted by Crippen LogP contribution is -2.66. The number of rotatable bonds is 21. The van der Waals surface area contributed by atoms with Crippen molar-refractivity contribution in [3.63, 3.8) is 0 Å². The Morgan fingerprint density at radius 1 is 0.780 bits per heavy atom. The molecule has 8 nitrogen and oxygen atoms in total. The minimum Gasteiger partial charge on any atom is -0.496 e. The molecule has 2 aromatic carbocycles. The Bertz CT molecular complexity index is 1310. The van der Waals surface area contributed by atoms with Crippen LogP contribution in [0.4, 0.5) is 0 Å². The summed E-state index contributed by atoms with van der Waals surface area (Å²) in [6.45, 7) is 11.1. The molecular weight excluding hydrogens is 632 g/mol. The van der Waals surface area contributed by atoms with Crippen LogP contribution in [0, 0.1) is 0 Å². The lowest BCUT2D eigenvalue weighted by atomic mass is 9.74. The zero-order valence-corrected chi connectivity index (χ0v) is 31.5. The minimum atomic E-state index is -1.81. The maximum Gasteiger partial charge on any atom is 0.222 e. The van der Waals surface area contributed by atoms with Crippen molar-refractivity contribution in [2.45, 2.75) is 153 Å². The molecule has 1 unspecified atom stereocenters. The van der Waals surface area contributed by atoms with Crippen LogP contribution in [0.15, 0.2) is 36.4 Å². The molecule has 1 N–H and O–H groups in total. The molecule has 0 aromatic heterocycles. The number of unbranched alkanes of at least 4 members (excludes halogenated alkanes) is 4. The molecule has 50 heavy (non-hydrogen) atoms. The van der Waals surface area contributed by atoms with Gasteiger partial charge in [-0.05, 0) is 98.7 Å². The van der Waals surface area contributed by atoms with E-state index < -0.39 is 30.2 Å². The molecule has 5 atom stereocenters. The van der Waals surface area contributed by atoms with E-state index in [9.17, 15) is 5.11 Å². The van der Waals surface area contributed by atoms with Crippen LogP contribution in [-0.2, 0) is 42.3 Å². The van der Waals surface area contributed by atoms with Crippen molar-refractivity contribution in [1.29, 1.82) is 0 Å². The lowest BCUT2D eigenvalue weighted by Gasteiger charge is -2.50. The van der Waals surface area contributed by atoms with Crippen LogP contribution >= 0.6 is 0 Å². The molecule has 3 aliphatic rings. The zero-order valence-electron chi connectivity index (χ0n) is 31.5. The lowest BCUT2D eigenvalue weighted by molar-refractivity contribution is -0.375. The van der Waals surface area contributed by atoms with Crippen LogP contribution in [-0.4, -0.2) is 75.3 Å². The van der Waals surface area contributed by atoms with Crippen molar-refractivity contribution in [3.8, 4) is 11.5 Å². The van der Waals surface area contributed by atoms with E-state index in [1.807, 2.05) is 18.2 Å². The van der Waals surface area contributed by atoms with Gasteiger partial charge < -0.3 is 38.3 Å². The van der Waals surface area contributed by atoms with Crippen molar-refractivity contribution < 1.29 is 38.3 Å². The molecule has 0 radical (unpaired) electrons. The predicted molar refractivity (Wildman–Crippen MR) is 196 cm³/mol. The highest BCUT2D eigenvalue weighted by molar-refractivity contribution is 5.46. The third-order valence-electron chi connectivity index (χ3n) is 10.7. The van der Waals surface area contributed by atoms with Crippen molar-refractivity contribution >= 4 is 0 Å². The molecule has 2 aliphatic heterocycles. The summed E-state index contributed by atoms with van der Waals surface area (Å²) in [7, 11) is 1.69. The summed E-state index contributed by atoms with van der Waals surface area (Å²) in [4.78, 5) is 0. The van der Waals surface area contributed by atoms with E-state index in [4.69, 9.17) is 33.2 Å². The van der Waals surface area contributed by atoms with E-state index >= 15 is 0 Å². The van der Waals surface area contributed by atoms with Gasteiger partial charge in [0.15, 0.2) is 0 Å². The van der Waals surface area contributed by atoms with Crippen LogP contribution < -0.4 is 9.47 Å². The number of fused-ring (bicyclic) bond motifs is 1. The standard InChI is InChI=1S/C42H64O8/c1-6-10-23-45-30-37-38(46-24-11-7-2)39(47-25-12-8-3)40(48-26-13-9-4)42(43,50-37)34-16-18-35(44-5)33(29-34)28-31-15-17-36-32(27-31)19-22-41(49-36)20-14-21-41/h15-18,27,29,37-40,43H,6-14,19-26,28,30H2,1-5H3/t37-,38-,39+,40-,42?/m1/s1. The smallest absolute Gasteiger partial charge is 0.222 e. The van der Waals surface area contributed by atoms with Crippen molar-refractivity contribution in [2.75, 3.05) is 40.1 Å². The average Bonchev–Trinajstić information content (AvgIpc) is 3.11. The molecule has 2 fully saturated rings. The van der Waals surface area contributed by atoms with Crippen molar-refractivity contribution in [3.05, 3.63) is 58.7 Å². The number of aryl methyl sites for hydroxylation is 1. The molecule has 8 heteroatoms. The van der Waals surface area contributed by atoms with Gasteiger partial charge in [-0.25, -0.2) is 0 Å². The first-order valence-electron chi connectivity index (χ1n) is 19.7. The summed E-state index contributed by atoms with van der Waals surface area (Å²) >= 11 is 0. The second kappa shape index (κ2) is 19.0. The minimum absolute atomic E-state index is 0.0638. The van der Waals surface area contributed by atoms with Crippen LogP contribution in [0.2, 0.25) is 0 Å². The molecule has 1 saturated carbocycles. The molecule has 5 rings (SSSR count). The molecule has 2 aromatic rings. The number of hydrogen-bond acceptors (Lipinski definition) is 8. The number of methoxy groups -OCH3 is 1. The fourth-order valence-corrected chi connectivity index (χ4v) is 7.42. The fraction of sp³-hybridized carbons (Fsp3) is 0.714. The summed E-state index contributed by atoms with van der Waals surface area (Å²) < 4.78 is 45.1. The third-order valence-corrected chi connectivity index (χ3v) is 10.7. The molecule has 1 saturated heterocycles. The van der Waals surface area contributed by atoms with Gasteiger partial charge in [0.05, 0.1) is 13.7 Å². The second-order valence-corrected chi connectivity index (χ2v) is 14.6. The fourth-order valence-electron chi connectivity index (χ4n) is 7.42. The summed E-state index contributed by atoms with van der Waals surface area (Å²) in [6.07, 6.45) is 11.6. The van der Waals surface area contributed by atoms with Crippen molar-refractivity contribution in [1.82, 2.24) is 0 Å². The van der Waals surface area contributed by atoms with Gasteiger partial charge in [-0.15, -0.1) is 0 Å². The molecule has 1 spiro atoms. The average molecular weight is 697 g/mol. The zero-order chi connectivity index (χ0) is 35.4. The SMILES string of the molecule is CCCCOC[C@H]1OC(O)(c2ccc(OC)c(Cc3ccc4c(c3)CCC3(CCC3)O4)c2)[C@H](OCCCC)[C@@H](OCCCC)[C@@H]1OCCCC. The first kappa shape index (κ1) is 39.0. The van der Waals surface area contributed by atoms with E-state index in [1.165, 1.54) is 17.5 Å². The Balaban J connectivity index is 1.48. The highest BCUT2D eigenvalue weighted by Gasteiger charge is 2.57. The van der Waals surface area contributed by atoms with Crippen LogP contribution in [0.25, 0.3) is 0 Å². The summed E-state index contributed by atoms with van der Waals surface area (Å²) in [5.41, 5.74) is 4.07. The highest BCUT2D eigenvalue weighted by atomic mass is 16.7. The van der Waals surface area contributed by atoms with Crippen molar-refractivity contribution in [2.24, 2.45) is 0 Å². The van der Waals surface area contributed by atoms with E-state index in [-0.39, 0.29) is 12.2 Å². The summed E-state index contributed by atoms with van der Waals surface area (Å²) in [6, 6.07) is 12.4. The molecule has 1 aliphatic carbocycles. The van der Waals surface area contributed by atoms with Gasteiger partial charge in [0, 0.05) is 38.4 Å². The molecule has 0 bridgehead atoms. The van der Waals surface area contributed by atoms with E-state index in [0.29, 0.717) is 38.4 Å². The van der Waals surface area contributed by atoms with Gasteiger partial charge in [-0.3, -0.25) is 0 Å². The molecular formula is C42H64O8. The largest absolute Gasteiger partial charge is 0.496 e. The first-order valence-corrected chi connectivity index (χ1v) is 19.7. The third kappa shape index (κ3) is 9.42. The van der Waals surface area contributed by atoms with Gasteiger partial charge in [0.25, 0.3) is 0 Å². The quantitative estimate of drug-likeness (QED) is 0.130. The molecule has 0 amide bonds. The van der Waals surface area contributed by atoms with Gasteiger partial charge in [0.1, 0.15) is 41.5 Å². The van der Waals surface area contributed by atoms with Crippen LogP contribution in [0.1, 0.15) is 127 Å². The predicted octanol–water partition coefficient (Wildman–Crippen LogP) is 8.45. The van der Waals surface area contributed by atoms with E-state index in [2.05, 4.69) is 45.9 Å². The first-order chi connectivity index (χ1) is 24.4. The van der Waals surface area contributed by atoms with Gasteiger partial charge in [-0.1, -0.05) is 65.5 Å². The number of benzene rings is 2. The molecule has 2 heterocycles. The summed E-state index contributed by atoms with van der Waals surface area (Å²) in [5.74, 6) is -0.0278. The van der Waals surface area contributed by atoms with Gasteiger partial charge >= 0.3 is 0 Å². The van der Waals surface area contributed by atoms with E-state index in [0.717, 1.165) is 94.1 Å². The van der Waals surface area contributed by atoms with Crippen LogP contribution in [0.3, 0.4) is 0 Å². The van der Waals surface area contributed by atoms with Gasteiger partial charge in [0.2, 0.25) is 5.79 Å². The molecule has 280 valence electrons. The Kier molecular flexibility index (Phi) is 14.9. The normalized spacial score (nSPS) is 25.6. The Labute approximate surface area is 301 Å². The second-order valence-electron chi connectivity index (χ2n) is 14.6. The maximum atomic E-state index is 12.9. The topological polar surface area (TPSA) is 84.8 Å². The number of hydrogen-bond donors (Lipinski definition) is 1. The number of aliphatic hydroxyl groups is 1. The highest BCUT2D eigenvalue weighted by Crippen LogP contribution is 2.46. The van der Waals surface area contributed by atoms with E-state index in [1.54, 1.807) is 7.11 Å². The Hall–Kier alpha value is -2.20. The van der Waals surface area contributed by atoms with Crippen LogP contribution in [0.5, 0.6) is 11.5 Å². The van der Waals surface area contributed by atoms with Gasteiger partial charge in [-0.2, -0.15) is 0 Å². The Morgan fingerprint density at radius 2 is 1.46 bits per heavy atom. The maximum absolute atomic E-state index is 12.9. The monoisotopic (exact) mass is 696 g/mol. The summed E-state index contributed by atoms with van der Waals surface area (Å²) in [5, 5.41) is 12.9.